The summed E-state index contributed by atoms with van der Waals surface area (Å²) < 4.78 is 53.6. The lowest BCUT2D eigenvalue weighted by Crippen LogP contribution is -2.20. The van der Waals surface area contributed by atoms with Crippen molar-refractivity contribution < 1.29 is 17.6 Å². The van der Waals surface area contributed by atoms with E-state index >= 15 is 0 Å². The first-order chi connectivity index (χ1) is 9.84. The van der Waals surface area contributed by atoms with Gasteiger partial charge in [-0.05, 0) is 30.7 Å². The molecule has 0 spiro atoms. The molecule has 1 aromatic carbocycles. The quantitative estimate of drug-likeness (QED) is 0.878. The lowest BCUT2D eigenvalue weighted by atomic mass is 10.0. The Hall–Kier alpha value is -1.89. The highest BCUT2D eigenvalue weighted by Gasteiger charge is 2.32. The summed E-state index contributed by atoms with van der Waals surface area (Å²) >= 11 is 0. The number of alkyl halides is 3. The standard InChI is InChI=1S/C14H15F4N3/c1-2-7-21-12(5-6-20-21)13(19)10-8-9(14(16,17)18)3-4-11(10)15/h3-6,8,13H,2,7,19H2,1H3. The van der Waals surface area contributed by atoms with Crippen LogP contribution in [0.5, 0.6) is 0 Å². The van der Waals surface area contributed by atoms with Crippen LogP contribution >= 0.6 is 0 Å². The van der Waals surface area contributed by atoms with Gasteiger partial charge >= 0.3 is 6.18 Å². The Labute approximate surface area is 119 Å². The Morgan fingerprint density at radius 3 is 2.62 bits per heavy atom. The third-order valence-electron chi connectivity index (χ3n) is 3.16. The third-order valence-corrected chi connectivity index (χ3v) is 3.16. The van der Waals surface area contributed by atoms with E-state index in [-0.39, 0.29) is 5.56 Å². The fourth-order valence-corrected chi connectivity index (χ4v) is 2.12. The van der Waals surface area contributed by atoms with Crippen LogP contribution in [0.25, 0.3) is 0 Å². The summed E-state index contributed by atoms with van der Waals surface area (Å²) in [6.45, 7) is 2.50. The van der Waals surface area contributed by atoms with Crippen LogP contribution in [0, 0.1) is 5.82 Å². The van der Waals surface area contributed by atoms with Gasteiger partial charge in [-0.3, -0.25) is 4.68 Å². The van der Waals surface area contributed by atoms with Gasteiger partial charge in [0.25, 0.3) is 0 Å². The molecule has 0 saturated heterocycles. The maximum Gasteiger partial charge on any atom is 0.416 e. The van der Waals surface area contributed by atoms with Crippen LogP contribution in [0.3, 0.4) is 0 Å². The average Bonchev–Trinajstić information content (AvgIpc) is 2.86. The fraction of sp³-hybridized carbons (Fsp3) is 0.357. The molecule has 0 radical (unpaired) electrons. The molecule has 0 amide bonds. The second-order valence-corrected chi connectivity index (χ2v) is 4.69. The summed E-state index contributed by atoms with van der Waals surface area (Å²) in [6.07, 6.45) is -2.26. The smallest absolute Gasteiger partial charge is 0.319 e. The number of aryl methyl sites for hydroxylation is 1. The lowest BCUT2D eigenvalue weighted by molar-refractivity contribution is -0.137. The molecule has 0 bridgehead atoms. The number of hydrogen-bond acceptors (Lipinski definition) is 2. The number of nitrogens with zero attached hydrogens (tertiary/aromatic N) is 2. The first-order valence-corrected chi connectivity index (χ1v) is 6.48. The minimum atomic E-state index is -4.54. The number of halogens is 4. The van der Waals surface area contributed by atoms with Crippen molar-refractivity contribution >= 4 is 0 Å². The summed E-state index contributed by atoms with van der Waals surface area (Å²) in [6, 6.07) is 2.83. The molecule has 1 atom stereocenters. The van der Waals surface area contributed by atoms with E-state index in [0.717, 1.165) is 18.6 Å². The van der Waals surface area contributed by atoms with Gasteiger partial charge in [-0.25, -0.2) is 4.39 Å². The lowest BCUT2D eigenvalue weighted by Gasteiger charge is -2.17. The Morgan fingerprint density at radius 1 is 1.29 bits per heavy atom. The van der Waals surface area contributed by atoms with Crippen LogP contribution in [0.4, 0.5) is 17.6 Å². The number of rotatable bonds is 4. The molecule has 114 valence electrons. The van der Waals surface area contributed by atoms with Crippen LogP contribution in [0.15, 0.2) is 30.5 Å². The second-order valence-electron chi connectivity index (χ2n) is 4.69. The van der Waals surface area contributed by atoms with Crippen LogP contribution in [0.2, 0.25) is 0 Å². The zero-order valence-electron chi connectivity index (χ0n) is 11.4. The molecule has 0 saturated carbocycles. The van der Waals surface area contributed by atoms with Crippen LogP contribution in [0.1, 0.15) is 36.2 Å². The maximum absolute atomic E-state index is 13.8. The number of nitrogens with two attached hydrogens (primary N) is 1. The van der Waals surface area contributed by atoms with Crippen molar-refractivity contribution in [2.24, 2.45) is 5.73 Å². The molecule has 3 nitrogen and oxygen atoms in total. The first-order valence-electron chi connectivity index (χ1n) is 6.48. The normalized spacial score (nSPS) is 13.4. The minimum Gasteiger partial charge on any atom is -0.319 e. The zero-order valence-corrected chi connectivity index (χ0v) is 11.4. The first kappa shape index (κ1) is 15.5. The molecule has 1 unspecified atom stereocenters. The van der Waals surface area contributed by atoms with Crippen molar-refractivity contribution in [3.8, 4) is 0 Å². The highest BCUT2D eigenvalue weighted by Crippen LogP contribution is 2.32. The topological polar surface area (TPSA) is 43.8 Å². The van der Waals surface area contributed by atoms with Crippen molar-refractivity contribution in [1.29, 1.82) is 0 Å². The molecule has 0 aliphatic carbocycles. The van der Waals surface area contributed by atoms with E-state index in [0.29, 0.717) is 18.3 Å². The van der Waals surface area contributed by atoms with Gasteiger partial charge < -0.3 is 5.73 Å². The van der Waals surface area contributed by atoms with Crippen LogP contribution in [-0.2, 0) is 12.7 Å². The third kappa shape index (κ3) is 3.24. The Morgan fingerprint density at radius 2 is 2.00 bits per heavy atom. The van der Waals surface area contributed by atoms with Crippen molar-refractivity contribution in [3.05, 3.63) is 53.1 Å². The molecule has 7 heteroatoms. The number of aromatic nitrogens is 2. The molecule has 0 aliphatic rings. The van der Waals surface area contributed by atoms with Gasteiger partial charge in [0.2, 0.25) is 0 Å². The van der Waals surface area contributed by atoms with Gasteiger partial charge in [0.15, 0.2) is 0 Å². The van der Waals surface area contributed by atoms with E-state index in [1.54, 1.807) is 10.7 Å². The van der Waals surface area contributed by atoms with Gasteiger partial charge in [-0.1, -0.05) is 6.92 Å². The summed E-state index contributed by atoms with van der Waals surface area (Å²) in [7, 11) is 0. The molecule has 2 N–H and O–H groups in total. The van der Waals surface area contributed by atoms with E-state index in [1.165, 1.54) is 6.20 Å². The predicted octanol–water partition coefficient (Wildman–Crippen LogP) is 3.50. The zero-order chi connectivity index (χ0) is 15.6. The SMILES string of the molecule is CCCn1nccc1C(N)c1cc(C(F)(F)F)ccc1F. The fourth-order valence-electron chi connectivity index (χ4n) is 2.12. The summed E-state index contributed by atoms with van der Waals surface area (Å²) in [5.41, 5.74) is 5.31. The molecule has 0 fully saturated rings. The number of benzene rings is 1. The minimum absolute atomic E-state index is 0.192. The van der Waals surface area contributed by atoms with Gasteiger partial charge in [0.05, 0.1) is 17.3 Å². The van der Waals surface area contributed by atoms with E-state index in [9.17, 15) is 17.6 Å². The van der Waals surface area contributed by atoms with Crippen LogP contribution < -0.4 is 5.73 Å². The average molecular weight is 301 g/mol. The van der Waals surface area contributed by atoms with E-state index in [1.807, 2.05) is 6.92 Å². The van der Waals surface area contributed by atoms with Gasteiger partial charge in [-0.15, -0.1) is 0 Å². The van der Waals surface area contributed by atoms with E-state index in [4.69, 9.17) is 5.73 Å². The number of hydrogen-bond donors (Lipinski definition) is 1. The molecule has 2 rings (SSSR count). The van der Waals surface area contributed by atoms with Crippen molar-refractivity contribution in [3.63, 3.8) is 0 Å². The molecule has 1 heterocycles. The molecule has 1 aromatic heterocycles. The maximum atomic E-state index is 13.8. The summed E-state index contributed by atoms with van der Waals surface area (Å²) in [5.74, 6) is -0.764. The predicted molar refractivity (Wildman–Crippen MR) is 70.0 cm³/mol. The molecular formula is C14H15F4N3. The van der Waals surface area contributed by atoms with Gasteiger partial charge in [-0.2, -0.15) is 18.3 Å². The van der Waals surface area contributed by atoms with Crippen molar-refractivity contribution in [1.82, 2.24) is 9.78 Å². The van der Waals surface area contributed by atoms with Crippen LogP contribution in [-0.4, -0.2) is 9.78 Å². The largest absolute Gasteiger partial charge is 0.416 e. The molecule has 2 aromatic rings. The van der Waals surface area contributed by atoms with Gasteiger partial charge in [0, 0.05) is 18.3 Å². The summed E-state index contributed by atoms with van der Waals surface area (Å²) in [4.78, 5) is 0. The Bertz CT molecular complexity index is 619. The van der Waals surface area contributed by atoms with E-state index < -0.39 is 23.6 Å². The molecule has 21 heavy (non-hydrogen) atoms. The monoisotopic (exact) mass is 301 g/mol. The summed E-state index contributed by atoms with van der Waals surface area (Å²) in [5, 5.41) is 4.05. The highest BCUT2D eigenvalue weighted by molar-refractivity contribution is 5.33. The van der Waals surface area contributed by atoms with E-state index in [2.05, 4.69) is 5.10 Å². The van der Waals surface area contributed by atoms with Gasteiger partial charge in [0.1, 0.15) is 5.82 Å². The molecular weight excluding hydrogens is 286 g/mol. The second kappa shape index (κ2) is 5.85. The Balaban J connectivity index is 2.43. The van der Waals surface area contributed by atoms with Crippen molar-refractivity contribution in [2.75, 3.05) is 0 Å². The Kier molecular flexibility index (Phi) is 4.32. The molecule has 0 aliphatic heterocycles. The van der Waals surface area contributed by atoms with Crippen molar-refractivity contribution in [2.45, 2.75) is 32.1 Å². The highest BCUT2D eigenvalue weighted by atomic mass is 19.4.